The molecule has 2 atom stereocenters. The van der Waals surface area contributed by atoms with Gasteiger partial charge in [-0.25, -0.2) is 9.59 Å². The Kier molecular flexibility index (Phi) is 4.86. The number of urea groups is 1. The minimum Gasteiger partial charge on any atom is -0.480 e. The fourth-order valence-corrected chi connectivity index (χ4v) is 3.14. The van der Waals surface area contributed by atoms with E-state index in [1.54, 1.807) is 0 Å². The van der Waals surface area contributed by atoms with Gasteiger partial charge in [0.1, 0.15) is 6.04 Å². The van der Waals surface area contributed by atoms with E-state index in [0.29, 0.717) is 12.5 Å². The zero-order valence-electron chi connectivity index (χ0n) is 11.9. The van der Waals surface area contributed by atoms with E-state index < -0.39 is 18.1 Å². The fraction of sp³-hybridized carbons (Fsp3) is 0.857. The van der Waals surface area contributed by atoms with E-state index in [-0.39, 0.29) is 19.0 Å². The lowest BCUT2D eigenvalue weighted by Crippen LogP contribution is -2.47. The summed E-state index contributed by atoms with van der Waals surface area (Å²) in [5.41, 5.74) is 0. The SMILES string of the molecule is CC1CCC(CNC(=O)N2CC(O)C[C@H]2C(=O)O)CC1. The van der Waals surface area contributed by atoms with Gasteiger partial charge in [0.05, 0.1) is 6.10 Å². The molecule has 2 aliphatic rings. The summed E-state index contributed by atoms with van der Waals surface area (Å²) in [6.45, 7) is 2.95. The average Bonchev–Trinajstić information content (AvgIpc) is 2.80. The first-order chi connectivity index (χ1) is 9.47. The molecule has 0 aromatic carbocycles. The van der Waals surface area contributed by atoms with Crippen molar-refractivity contribution < 1.29 is 19.8 Å². The molecule has 2 fully saturated rings. The van der Waals surface area contributed by atoms with Crippen LogP contribution in [0.15, 0.2) is 0 Å². The number of carbonyl (C=O) groups is 2. The predicted octanol–water partition coefficient (Wildman–Crippen LogP) is 1.04. The smallest absolute Gasteiger partial charge is 0.326 e. The van der Waals surface area contributed by atoms with Crippen LogP contribution in [0.5, 0.6) is 0 Å². The quantitative estimate of drug-likeness (QED) is 0.722. The molecule has 0 aromatic heterocycles. The van der Waals surface area contributed by atoms with Crippen LogP contribution in [0, 0.1) is 11.8 Å². The number of rotatable bonds is 3. The number of aliphatic hydroxyl groups is 1. The van der Waals surface area contributed by atoms with E-state index in [9.17, 15) is 14.7 Å². The van der Waals surface area contributed by atoms with Crippen LogP contribution >= 0.6 is 0 Å². The highest BCUT2D eigenvalue weighted by atomic mass is 16.4. The first kappa shape index (κ1) is 15.1. The molecular weight excluding hydrogens is 260 g/mol. The molecular formula is C14H24N2O4. The molecule has 6 heteroatoms. The second-order valence-corrected chi connectivity index (χ2v) is 6.21. The Hall–Kier alpha value is -1.30. The van der Waals surface area contributed by atoms with Crippen LogP contribution in [-0.2, 0) is 4.79 Å². The second-order valence-electron chi connectivity index (χ2n) is 6.21. The molecule has 0 spiro atoms. The number of carboxylic acids is 1. The van der Waals surface area contributed by atoms with Crippen molar-refractivity contribution in [1.82, 2.24) is 10.2 Å². The Morgan fingerprint density at radius 2 is 1.90 bits per heavy atom. The van der Waals surface area contributed by atoms with E-state index in [4.69, 9.17) is 5.11 Å². The zero-order valence-corrected chi connectivity index (χ0v) is 11.9. The highest BCUT2D eigenvalue weighted by molar-refractivity contribution is 5.83. The van der Waals surface area contributed by atoms with Gasteiger partial charge in [0, 0.05) is 19.5 Å². The molecule has 1 saturated heterocycles. The molecule has 1 heterocycles. The van der Waals surface area contributed by atoms with Gasteiger partial charge >= 0.3 is 12.0 Å². The van der Waals surface area contributed by atoms with Crippen LogP contribution in [0.4, 0.5) is 4.79 Å². The number of nitrogens with one attached hydrogen (secondary N) is 1. The van der Waals surface area contributed by atoms with Crippen LogP contribution in [0.3, 0.4) is 0 Å². The second kappa shape index (κ2) is 6.43. The minimum atomic E-state index is -1.05. The molecule has 3 N–H and O–H groups in total. The number of carbonyl (C=O) groups excluding carboxylic acids is 1. The summed E-state index contributed by atoms with van der Waals surface area (Å²) < 4.78 is 0. The van der Waals surface area contributed by atoms with Gasteiger partial charge in [0.2, 0.25) is 0 Å². The Morgan fingerprint density at radius 1 is 1.25 bits per heavy atom. The third-order valence-electron chi connectivity index (χ3n) is 4.50. The van der Waals surface area contributed by atoms with Gasteiger partial charge in [-0.2, -0.15) is 0 Å². The van der Waals surface area contributed by atoms with Crippen molar-refractivity contribution in [2.24, 2.45) is 11.8 Å². The van der Waals surface area contributed by atoms with Gasteiger partial charge in [-0.1, -0.05) is 19.8 Å². The predicted molar refractivity (Wildman–Crippen MR) is 73.3 cm³/mol. The van der Waals surface area contributed by atoms with Crippen molar-refractivity contribution in [3.63, 3.8) is 0 Å². The Labute approximate surface area is 119 Å². The normalized spacial score (nSPS) is 34.0. The topological polar surface area (TPSA) is 89.9 Å². The molecule has 6 nitrogen and oxygen atoms in total. The Balaban J connectivity index is 1.80. The van der Waals surface area contributed by atoms with Crippen LogP contribution in [0.25, 0.3) is 0 Å². The van der Waals surface area contributed by atoms with Crippen LogP contribution < -0.4 is 5.32 Å². The first-order valence-electron chi connectivity index (χ1n) is 7.42. The lowest BCUT2D eigenvalue weighted by Gasteiger charge is -2.28. The number of amides is 2. The number of likely N-dealkylation sites (tertiary alicyclic amines) is 1. The fourth-order valence-electron chi connectivity index (χ4n) is 3.14. The summed E-state index contributed by atoms with van der Waals surface area (Å²) in [5.74, 6) is 0.209. The maximum atomic E-state index is 12.1. The monoisotopic (exact) mass is 284 g/mol. The van der Waals surface area contributed by atoms with E-state index in [1.807, 2.05) is 0 Å². The van der Waals surface area contributed by atoms with E-state index in [0.717, 1.165) is 18.8 Å². The largest absolute Gasteiger partial charge is 0.480 e. The molecule has 1 aliphatic carbocycles. The number of nitrogens with zero attached hydrogens (tertiary/aromatic N) is 1. The summed E-state index contributed by atoms with van der Waals surface area (Å²) in [7, 11) is 0. The zero-order chi connectivity index (χ0) is 14.7. The van der Waals surface area contributed by atoms with Crippen molar-refractivity contribution in [3.8, 4) is 0 Å². The average molecular weight is 284 g/mol. The summed E-state index contributed by atoms with van der Waals surface area (Å²) in [6, 6.07) is -1.27. The third-order valence-corrected chi connectivity index (χ3v) is 4.50. The van der Waals surface area contributed by atoms with Gasteiger partial charge in [-0.05, 0) is 24.7 Å². The van der Waals surface area contributed by atoms with Crippen LogP contribution in [0.2, 0.25) is 0 Å². The highest BCUT2D eigenvalue weighted by Crippen LogP contribution is 2.27. The number of carboxylic acid groups (broad SMARTS) is 1. The van der Waals surface area contributed by atoms with E-state index in [2.05, 4.69) is 12.2 Å². The number of aliphatic carboxylic acids is 1. The van der Waals surface area contributed by atoms with Crippen molar-refractivity contribution in [1.29, 1.82) is 0 Å². The molecule has 2 rings (SSSR count). The van der Waals surface area contributed by atoms with Crippen molar-refractivity contribution >= 4 is 12.0 Å². The molecule has 0 bridgehead atoms. The number of hydrogen-bond acceptors (Lipinski definition) is 3. The molecule has 1 aliphatic heterocycles. The maximum Gasteiger partial charge on any atom is 0.326 e. The third kappa shape index (κ3) is 3.62. The van der Waals surface area contributed by atoms with Crippen molar-refractivity contribution in [3.05, 3.63) is 0 Å². The number of β-amino-alcohol motifs (C(OH)–C–C–N with tert-alkyl or cyclic N) is 1. The Bertz CT molecular complexity index is 366. The minimum absolute atomic E-state index is 0.102. The standard InChI is InChI=1S/C14H24N2O4/c1-9-2-4-10(5-3-9)7-15-14(20)16-8-11(17)6-12(16)13(18)19/h9-12,17H,2-8H2,1H3,(H,15,20)(H,18,19)/t9?,10?,11?,12-/m0/s1. The molecule has 2 amide bonds. The van der Waals surface area contributed by atoms with E-state index in [1.165, 1.54) is 17.7 Å². The first-order valence-corrected chi connectivity index (χ1v) is 7.42. The van der Waals surface area contributed by atoms with Gasteiger partial charge in [-0.3, -0.25) is 0 Å². The lowest BCUT2D eigenvalue weighted by atomic mass is 9.83. The van der Waals surface area contributed by atoms with Crippen LogP contribution in [0.1, 0.15) is 39.0 Å². The summed E-state index contributed by atoms with van der Waals surface area (Å²) in [6.07, 6.45) is 4.00. The lowest BCUT2D eigenvalue weighted by molar-refractivity contribution is -0.141. The van der Waals surface area contributed by atoms with E-state index >= 15 is 0 Å². The summed E-state index contributed by atoms with van der Waals surface area (Å²) in [5, 5.41) is 21.4. The van der Waals surface area contributed by atoms with Gasteiger partial charge < -0.3 is 20.4 Å². The van der Waals surface area contributed by atoms with Gasteiger partial charge in [0.15, 0.2) is 0 Å². The molecule has 0 radical (unpaired) electrons. The molecule has 114 valence electrons. The van der Waals surface area contributed by atoms with Crippen molar-refractivity contribution in [2.45, 2.75) is 51.2 Å². The number of hydrogen-bond donors (Lipinski definition) is 3. The maximum absolute atomic E-state index is 12.1. The number of aliphatic hydroxyl groups excluding tert-OH is 1. The molecule has 0 aromatic rings. The van der Waals surface area contributed by atoms with Crippen LogP contribution in [-0.4, -0.2) is 52.3 Å². The molecule has 20 heavy (non-hydrogen) atoms. The summed E-state index contributed by atoms with van der Waals surface area (Å²) in [4.78, 5) is 24.4. The highest BCUT2D eigenvalue weighted by Gasteiger charge is 2.39. The van der Waals surface area contributed by atoms with Gasteiger partial charge in [0.25, 0.3) is 0 Å². The molecule has 1 unspecified atom stereocenters. The van der Waals surface area contributed by atoms with Gasteiger partial charge in [-0.15, -0.1) is 0 Å². The summed E-state index contributed by atoms with van der Waals surface area (Å²) >= 11 is 0. The van der Waals surface area contributed by atoms with Crippen molar-refractivity contribution in [2.75, 3.05) is 13.1 Å². The molecule has 1 saturated carbocycles. The Morgan fingerprint density at radius 3 is 2.50 bits per heavy atom.